The maximum Gasteiger partial charge on any atom is 0.299 e. The number of ketones is 1. The van der Waals surface area contributed by atoms with E-state index in [4.69, 9.17) is 0 Å². The predicted octanol–water partition coefficient (Wildman–Crippen LogP) is 2.86. The van der Waals surface area contributed by atoms with Gasteiger partial charge in [0.05, 0.1) is 17.8 Å². The minimum absolute atomic E-state index is 0.269. The lowest BCUT2D eigenvalue weighted by Crippen LogP contribution is -2.29. The Morgan fingerprint density at radius 2 is 1.85 bits per heavy atom. The Morgan fingerprint density at radius 1 is 1.10 bits per heavy atom. The van der Waals surface area contributed by atoms with Gasteiger partial charge in [0.1, 0.15) is 5.82 Å². The first kappa shape index (κ1) is 12.5. The molecule has 0 aromatic heterocycles. The van der Waals surface area contributed by atoms with E-state index >= 15 is 0 Å². The third-order valence-electron chi connectivity index (χ3n) is 3.52. The van der Waals surface area contributed by atoms with Crippen molar-refractivity contribution in [3.8, 4) is 0 Å². The van der Waals surface area contributed by atoms with Crippen molar-refractivity contribution in [2.75, 3.05) is 4.90 Å². The van der Waals surface area contributed by atoms with Gasteiger partial charge in [0.25, 0.3) is 11.7 Å². The highest BCUT2D eigenvalue weighted by Crippen LogP contribution is 2.31. The molecular formula is C16H12FNO2. The van der Waals surface area contributed by atoms with Gasteiger partial charge in [-0.25, -0.2) is 4.39 Å². The normalized spacial score (nSPS) is 13.8. The van der Waals surface area contributed by atoms with Gasteiger partial charge in [-0.3, -0.25) is 9.59 Å². The van der Waals surface area contributed by atoms with E-state index in [1.54, 1.807) is 0 Å². The average Bonchev–Trinajstić information content (AvgIpc) is 2.66. The number of nitrogens with zero attached hydrogens (tertiary/aromatic N) is 1. The summed E-state index contributed by atoms with van der Waals surface area (Å²) in [5.74, 6) is -1.64. The first-order chi connectivity index (χ1) is 9.58. The van der Waals surface area contributed by atoms with Crippen LogP contribution in [0.15, 0.2) is 42.5 Å². The smallest absolute Gasteiger partial charge is 0.299 e. The molecule has 1 aliphatic rings. The minimum Gasteiger partial charge on any atom is -0.300 e. The van der Waals surface area contributed by atoms with Crippen molar-refractivity contribution < 1.29 is 14.0 Å². The highest BCUT2D eigenvalue weighted by atomic mass is 19.1. The van der Waals surface area contributed by atoms with Crippen LogP contribution in [0, 0.1) is 12.7 Å². The molecule has 0 saturated heterocycles. The zero-order chi connectivity index (χ0) is 14.3. The molecule has 1 amide bonds. The van der Waals surface area contributed by atoms with E-state index in [0.717, 1.165) is 11.1 Å². The molecule has 0 bridgehead atoms. The van der Waals surface area contributed by atoms with Crippen molar-refractivity contribution in [1.29, 1.82) is 0 Å². The molecule has 3 nitrogen and oxygen atoms in total. The van der Waals surface area contributed by atoms with Crippen LogP contribution >= 0.6 is 0 Å². The summed E-state index contributed by atoms with van der Waals surface area (Å²) >= 11 is 0. The van der Waals surface area contributed by atoms with Gasteiger partial charge < -0.3 is 4.90 Å². The summed E-state index contributed by atoms with van der Waals surface area (Å²) < 4.78 is 13.4. The van der Waals surface area contributed by atoms with E-state index in [1.165, 1.54) is 23.1 Å². The summed E-state index contributed by atoms with van der Waals surface area (Å²) in [6.07, 6.45) is 0. The summed E-state index contributed by atoms with van der Waals surface area (Å²) in [4.78, 5) is 25.3. The van der Waals surface area contributed by atoms with Crippen LogP contribution in [0.2, 0.25) is 0 Å². The lowest BCUT2D eigenvalue weighted by molar-refractivity contribution is -0.114. The van der Waals surface area contributed by atoms with Crippen molar-refractivity contribution in [2.24, 2.45) is 0 Å². The number of halogens is 1. The second-order valence-corrected chi connectivity index (χ2v) is 4.81. The number of carbonyl (C=O) groups excluding carboxylic acids is 2. The molecular weight excluding hydrogens is 257 g/mol. The van der Waals surface area contributed by atoms with Gasteiger partial charge in [-0.1, -0.05) is 24.3 Å². The SMILES string of the molecule is Cc1ccccc1CN1C(=O)C(=O)c2ccc(F)cc21. The number of rotatable bonds is 2. The Bertz CT molecular complexity index is 724. The number of aryl methyl sites for hydroxylation is 1. The molecule has 2 aromatic rings. The Balaban J connectivity index is 2.03. The number of anilines is 1. The molecule has 0 radical (unpaired) electrons. The van der Waals surface area contributed by atoms with E-state index in [1.807, 2.05) is 31.2 Å². The van der Waals surface area contributed by atoms with Gasteiger partial charge in [-0.2, -0.15) is 0 Å². The fourth-order valence-electron chi connectivity index (χ4n) is 2.38. The van der Waals surface area contributed by atoms with E-state index in [0.29, 0.717) is 5.69 Å². The molecule has 4 heteroatoms. The molecule has 0 unspecified atom stereocenters. The first-order valence-corrected chi connectivity index (χ1v) is 6.28. The summed E-state index contributed by atoms with van der Waals surface area (Å²) in [6.45, 7) is 2.21. The van der Waals surface area contributed by atoms with Crippen molar-refractivity contribution in [2.45, 2.75) is 13.5 Å². The van der Waals surface area contributed by atoms with E-state index in [-0.39, 0.29) is 12.1 Å². The summed E-state index contributed by atoms with van der Waals surface area (Å²) in [6, 6.07) is 11.4. The second-order valence-electron chi connectivity index (χ2n) is 4.81. The lowest BCUT2D eigenvalue weighted by atomic mass is 10.1. The van der Waals surface area contributed by atoms with Crippen LogP contribution < -0.4 is 4.90 Å². The van der Waals surface area contributed by atoms with Crippen LogP contribution in [-0.4, -0.2) is 11.7 Å². The van der Waals surface area contributed by atoms with Crippen molar-refractivity contribution >= 4 is 17.4 Å². The number of fused-ring (bicyclic) bond motifs is 1. The molecule has 1 aliphatic heterocycles. The summed E-state index contributed by atoms with van der Waals surface area (Å²) in [5, 5.41) is 0. The van der Waals surface area contributed by atoms with Gasteiger partial charge in [0, 0.05) is 0 Å². The molecule has 0 aliphatic carbocycles. The topological polar surface area (TPSA) is 37.4 Å². The quantitative estimate of drug-likeness (QED) is 0.786. The standard InChI is InChI=1S/C16H12FNO2/c1-10-4-2-3-5-11(10)9-18-14-8-12(17)6-7-13(14)15(19)16(18)20/h2-8H,9H2,1H3. The molecule has 0 fully saturated rings. The molecule has 0 saturated carbocycles. The largest absolute Gasteiger partial charge is 0.300 e. The van der Waals surface area contributed by atoms with E-state index in [9.17, 15) is 14.0 Å². The van der Waals surface area contributed by atoms with Crippen molar-refractivity contribution in [3.05, 3.63) is 65.0 Å². The van der Waals surface area contributed by atoms with Crippen LogP contribution in [0.3, 0.4) is 0 Å². The zero-order valence-corrected chi connectivity index (χ0v) is 10.9. The van der Waals surface area contributed by atoms with Gasteiger partial charge >= 0.3 is 0 Å². The van der Waals surface area contributed by atoms with Crippen LogP contribution in [-0.2, 0) is 11.3 Å². The second kappa shape index (κ2) is 4.56. The van der Waals surface area contributed by atoms with Gasteiger partial charge in [-0.05, 0) is 36.2 Å². The maximum atomic E-state index is 13.4. The Labute approximate surface area is 115 Å². The lowest BCUT2D eigenvalue weighted by Gasteiger charge is -2.17. The Kier molecular flexibility index (Phi) is 2.86. The van der Waals surface area contributed by atoms with E-state index < -0.39 is 17.5 Å². The first-order valence-electron chi connectivity index (χ1n) is 6.28. The van der Waals surface area contributed by atoms with E-state index in [2.05, 4.69) is 0 Å². The number of amides is 1. The van der Waals surface area contributed by atoms with Crippen molar-refractivity contribution in [3.63, 3.8) is 0 Å². The summed E-state index contributed by atoms with van der Waals surface area (Å²) in [5.41, 5.74) is 2.58. The zero-order valence-electron chi connectivity index (χ0n) is 10.9. The molecule has 0 N–H and O–H groups in total. The molecule has 0 atom stereocenters. The number of carbonyl (C=O) groups is 2. The minimum atomic E-state index is -0.603. The van der Waals surface area contributed by atoms with Gasteiger partial charge in [0.15, 0.2) is 0 Å². The number of benzene rings is 2. The van der Waals surface area contributed by atoms with Gasteiger partial charge in [0.2, 0.25) is 0 Å². The highest BCUT2D eigenvalue weighted by Gasteiger charge is 2.36. The van der Waals surface area contributed by atoms with Crippen LogP contribution in [0.4, 0.5) is 10.1 Å². The van der Waals surface area contributed by atoms with Crippen LogP contribution in [0.25, 0.3) is 0 Å². The number of hydrogen-bond donors (Lipinski definition) is 0. The van der Waals surface area contributed by atoms with Crippen molar-refractivity contribution in [1.82, 2.24) is 0 Å². The Morgan fingerprint density at radius 3 is 2.60 bits per heavy atom. The predicted molar refractivity (Wildman–Crippen MR) is 73.1 cm³/mol. The van der Waals surface area contributed by atoms with Crippen LogP contribution in [0.5, 0.6) is 0 Å². The van der Waals surface area contributed by atoms with Crippen LogP contribution in [0.1, 0.15) is 21.5 Å². The molecule has 1 heterocycles. The highest BCUT2D eigenvalue weighted by molar-refractivity contribution is 6.52. The fourth-order valence-corrected chi connectivity index (χ4v) is 2.38. The molecule has 0 spiro atoms. The summed E-state index contributed by atoms with van der Waals surface area (Å²) in [7, 11) is 0. The maximum absolute atomic E-state index is 13.4. The third kappa shape index (κ3) is 1.90. The number of hydrogen-bond acceptors (Lipinski definition) is 2. The molecule has 2 aromatic carbocycles. The molecule has 20 heavy (non-hydrogen) atoms. The molecule has 3 rings (SSSR count). The fraction of sp³-hybridized carbons (Fsp3) is 0.125. The number of Topliss-reactive ketones (excluding diaryl/α,β-unsaturated/α-hetero) is 1. The monoisotopic (exact) mass is 269 g/mol. The van der Waals surface area contributed by atoms with Gasteiger partial charge in [-0.15, -0.1) is 0 Å². The average molecular weight is 269 g/mol. The third-order valence-corrected chi connectivity index (χ3v) is 3.52. The molecule has 100 valence electrons. The Hall–Kier alpha value is -2.49.